The standard InChI is InChI=1S/C14H22N2O4/c1-2-4-12(17)16-6-3-5-11(16)13(18)15-10-7-9(8-10)14(19)20/h9-11H,2-8H2,1H3,(H,15,18)(H,19,20). The third-order valence-electron chi connectivity index (χ3n) is 4.17. The smallest absolute Gasteiger partial charge is 0.306 e. The summed E-state index contributed by atoms with van der Waals surface area (Å²) >= 11 is 0. The van der Waals surface area contributed by atoms with E-state index in [1.165, 1.54) is 0 Å². The number of carboxylic acids is 1. The summed E-state index contributed by atoms with van der Waals surface area (Å²) in [7, 11) is 0. The van der Waals surface area contributed by atoms with E-state index >= 15 is 0 Å². The van der Waals surface area contributed by atoms with Gasteiger partial charge in [-0.05, 0) is 32.1 Å². The molecule has 1 unspecified atom stereocenters. The first-order valence-electron chi connectivity index (χ1n) is 7.35. The van der Waals surface area contributed by atoms with Crippen LogP contribution in [0.15, 0.2) is 0 Å². The molecule has 2 aliphatic rings. The van der Waals surface area contributed by atoms with E-state index in [4.69, 9.17) is 5.11 Å². The summed E-state index contributed by atoms with van der Waals surface area (Å²) in [6.07, 6.45) is 3.82. The first-order valence-corrected chi connectivity index (χ1v) is 7.35. The molecule has 6 heteroatoms. The molecule has 0 spiro atoms. The van der Waals surface area contributed by atoms with E-state index in [0.717, 1.165) is 12.8 Å². The lowest BCUT2D eigenvalue weighted by Crippen LogP contribution is -2.53. The van der Waals surface area contributed by atoms with Crippen molar-refractivity contribution >= 4 is 17.8 Å². The highest BCUT2D eigenvalue weighted by molar-refractivity contribution is 5.88. The second-order valence-corrected chi connectivity index (χ2v) is 5.71. The average Bonchev–Trinajstić information content (AvgIpc) is 2.81. The number of carbonyl (C=O) groups is 3. The predicted molar refractivity (Wildman–Crippen MR) is 71.9 cm³/mol. The van der Waals surface area contributed by atoms with Crippen molar-refractivity contribution in [1.29, 1.82) is 0 Å². The summed E-state index contributed by atoms with van der Waals surface area (Å²) in [6, 6.07) is -0.412. The Hall–Kier alpha value is -1.59. The van der Waals surface area contributed by atoms with Crippen LogP contribution in [0.4, 0.5) is 0 Å². The van der Waals surface area contributed by atoms with Gasteiger partial charge in [0, 0.05) is 19.0 Å². The average molecular weight is 282 g/mol. The van der Waals surface area contributed by atoms with Crippen LogP contribution in [0.5, 0.6) is 0 Å². The third-order valence-corrected chi connectivity index (χ3v) is 4.17. The highest BCUT2D eigenvalue weighted by atomic mass is 16.4. The van der Waals surface area contributed by atoms with Crippen molar-refractivity contribution in [3.05, 3.63) is 0 Å². The Morgan fingerprint density at radius 1 is 1.30 bits per heavy atom. The van der Waals surface area contributed by atoms with Crippen molar-refractivity contribution in [1.82, 2.24) is 10.2 Å². The highest BCUT2D eigenvalue weighted by Crippen LogP contribution is 2.28. The first kappa shape index (κ1) is 14.8. The molecule has 2 fully saturated rings. The SMILES string of the molecule is CCCC(=O)N1CCCC1C(=O)NC1CC(C(=O)O)C1. The van der Waals surface area contributed by atoms with Gasteiger partial charge in [-0.3, -0.25) is 14.4 Å². The number of carboxylic acid groups (broad SMARTS) is 1. The van der Waals surface area contributed by atoms with Gasteiger partial charge in [-0.25, -0.2) is 0 Å². The molecule has 0 bridgehead atoms. The van der Waals surface area contributed by atoms with Gasteiger partial charge in [0.15, 0.2) is 0 Å². The molecule has 2 N–H and O–H groups in total. The summed E-state index contributed by atoms with van der Waals surface area (Å²) in [6.45, 7) is 2.60. The summed E-state index contributed by atoms with van der Waals surface area (Å²) in [4.78, 5) is 36.5. The molecular formula is C14H22N2O4. The first-order chi connectivity index (χ1) is 9.52. The molecule has 1 saturated heterocycles. The molecule has 1 heterocycles. The number of nitrogens with one attached hydrogen (secondary N) is 1. The van der Waals surface area contributed by atoms with Gasteiger partial charge in [0.1, 0.15) is 6.04 Å². The van der Waals surface area contributed by atoms with Crippen LogP contribution in [0, 0.1) is 5.92 Å². The Morgan fingerprint density at radius 3 is 2.60 bits per heavy atom. The predicted octanol–water partition coefficient (Wildman–Crippen LogP) is 0.757. The molecule has 0 radical (unpaired) electrons. The Kier molecular flexibility index (Phi) is 4.62. The summed E-state index contributed by atoms with van der Waals surface area (Å²) in [5.74, 6) is -1.21. The van der Waals surface area contributed by atoms with E-state index in [1.807, 2.05) is 6.92 Å². The monoisotopic (exact) mass is 282 g/mol. The lowest BCUT2D eigenvalue weighted by molar-refractivity contribution is -0.146. The Morgan fingerprint density at radius 2 is 2.00 bits per heavy atom. The molecule has 1 atom stereocenters. The van der Waals surface area contributed by atoms with Crippen LogP contribution in [0.2, 0.25) is 0 Å². The van der Waals surface area contributed by atoms with Crippen molar-refractivity contribution in [3.63, 3.8) is 0 Å². The van der Waals surface area contributed by atoms with Crippen molar-refractivity contribution in [2.75, 3.05) is 6.54 Å². The van der Waals surface area contributed by atoms with Crippen LogP contribution in [0.1, 0.15) is 45.4 Å². The van der Waals surface area contributed by atoms with Gasteiger partial charge in [0.2, 0.25) is 11.8 Å². The van der Waals surface area contributed by atoms with Crippen LogP contribution in [-0.4, -0.2) is 46.4 Å². The quantitative estimate of drug-likeness (QED) is 0.779. The number of hydrogen-bond acceptors (Lipinski definition) is 3. The number of carbonyl (C=O) groups excluding carboxylic acids is 2. The third kappa shape index (κ3) is 3.11. The zero-order valence-corrected chi connectivity index (χ0v) is 11.8. The van der Waals surface area contributed by atoms with E-state index < -0.39 is 5.97 Å². The van der Waals surface area contributed by atoms with Crippen molar-refractivity contribution in [2.45, 2.75) is 57.5 Å². The van der Waals surface area contributed by atoms with E-state index in [2.05, 4.69) is 5.32 Å². The van der Waals surface area contributed by atoms with Gasteiger partial charge in [-0.1, -0.05) is 6.92 Å². The van der Waals surface area contributed by atoms with E-state index in [-0.39, 0.29) is 29.8 Å². The lowest BCUT2D eigenvalue weighted by Gasteiger charge is -2.34. The zero-order chi connectivity index (χ0) is 14.7. The number of hydrogen-bond donors (Lipinski definition) is 2. The Labute approximate surface area is 118 Å². The maximum absolute atomic E-state index is 12.2. The molecule has 1 aliphatic carbocycles. The van der Waals surface area contributed by atoms with Crippen LogP contribution in [0.3, 0.4) is 0 Å². The Balaban J connectivity index is 1.83. The minimum absolute atomic E-state index is 0.0437. The van der Waals surface area contributed by atoms with Gasteiger partial charge in [0.25, 0.3) is 0 Å². The fourth-order valence-corrected chi connectivity index (χ4v) is 2.93. The largest absolute Gasteiger partial charge is 0.481 e. The van der Waals surface area contributed by atoms with E-state index in [1.54, 1.807) is 4.90 Å². The highest BCUT2D eigenvalue weighted by Gasteiger charge is 2.39. The van der Waals surface area contributed by atoms with E-state index in [0.29, 0.717) is 32.2 Å². The van der Waals surface area contributed by atoms with Crippen molar-refractivity contribution in [3.8, 4) is 0 Å². The van der Waals surface area contributed by atoms with Gasteiger partial charge in [-0.2, -0.15) is 0 Å². The van der Waals surface area contributed by atoms with Gasteiger partial charge in [-0.15, -0.1) is 0 Å². The molecule has 1 saturated carbocycles. The van der Waals surface area contributed by atoms with Crippen molar-refractivity contribution in [2.24, 2.45) is 5.92 Å². The Bertz CT molecular complexity index is 404. The second-order valence-electron chi connectivity index (χ2n) is 5.71. The van der Waals surface area contributed by atoms with Gasteiger partial charge < -0.3 is 15.3 Å². The number of amides is 2. The molecule has 0 aromatic heterocycles. The van der Waals surface area contributed by atoms with Crippen molar-refractivity contribution < 1.29 is 19.5 Å². The van der Waals surface area contributed by atoms with Crippen LogP contribution in [0.25, 0.3) is 0 Å². The molecule has 0 aromatic rings. The second kappa shape index (κ2) is 6.24. The lowest BCUT2D eigenvalue weighted by atomic mass is 9.80. The number of aliphatic carboxylic acids is 1. The van der Waals surface area contributed by atoms with Crippen LogP contribution >= 0.6 is 0 Å². The van der Waals surface area contributed by atoms with Crippen LogP contribution < -0.4 is 5.32 Å². The molecule has 2 amide bonds. The number of likely N-dealkylation sites (tertiary alicyclic amines) is 1. The summed E-state index contributed by atoms with van der Waals surface area (Å²) in [5.41, 5.74) is 0. The molecule has 0 aromatic carbocycles. The normalized spacial score (nSPS) is 28.9. The van der Waals surface area contributed by atoms with Crippen LogP contribution in [-0.2, 0) is 14.4 Å². The van der Waals surface area contributed by atoms with Gasteiger partial charge >= 0.3 is 5.97 Å². The number of nitrogens with zero attached hydrogens (tertiary/aromatic N) is 1. The maximum atomic E-state index is 12.2. The zero-order valence-electron chi connectivity index (χ0n) is 11.8. The molecular weight excluding hydrogens is 260 g/mol. The summed E-state index contributed by atoms with van der Waals surface area (Å²) in [5, 5.41) is 11.7. The minimum Gasteiger partial charge on any atom is -0.481 e. The molecule has 6 nitrogen and oxygen atoms in total. The molecule has 2 rings (SSSR count). The topological polar surface area (TPSA) is 86.7 Å². The number of rotatable bonds is 5. The molecule has 112 valence electrons. The van der Waals surface area contributed by atoms with Gasteiger partial charge in [0.05, 0.1) is 5.92 Å². The molecule has 1 aliphatic heterocycles. The van der Waals surface area contributed by atoms with E-state index in [9.17, 15) is 14.4 Å². The summed E-state index contributed by atoms with van der Waals surface area (Å²) < 4.78 is 0. The molecule has 20 heavy (non-hydrogen) atoms. The fourth-order valence-electron chi connectivity index (χ4n) is 2.93. The maximum Gasteiger partial charge on any atom is 0.306 e. The fraction of sp³-hybridized carbons (Fsp3) is 0.786. The minimum atomic E-state index is -0.795.